The number of hydrogen-bond donors (Lipinski definition) is 2. The number of carbonyl (C=O) groups excluding carboxylic acids is 2. The predicted octanol–water partition coefficient (Wildman–Crippen LogP) is 3.12. The average molecular weight is 447 g/mol. The number of rotatable bonds is 11. The highest BCUT2D eigenvalue weighted by Crippen LogP contribution is 2.47. The Balaban J connectivity index is 1.26. The Morgan fingerprint density at radius 1 is 1.19 bits per heavy atom. The van der Waals surface area contributed by atoms with Gasteiger partial charge in [0.05, 0.1) is 12.1 Å². The molecule has 1 heterocycles. The molecule has 2 aliphatic carbocycles. The number of piperidine rings is 1. The van der Waals surface area contributed by atoms with Crippen LogP contribution in [0.25, 0.3) is 0 Å². The lowest BCUT2D eigenvalue weighted by molar-refractivity contribution is -0.136. The standard InChI is InChI=1S/C23H30N2O5S/c26-21-11-10-18(22(27)24-21)5-2-1-3-14-31(28,29)25-23(12-13-23)19-6-4-7-20(15-19)30-16-17-8-9-17/h3-4,6-7,14-15,17-18,25H,1-2,5,8-13,16H2,(H,24,26,27)/b14-3+. The zero-order valence-electron chi connectivity index (χ0n) is 17.6. The van der Waals surface area contributed by atoms with Crippen molar-refractivity contribution in [1.82, 2.24) is 10.0 Å². The summed E-state index contributed by atoms with van der Waals surface area (Å²) in [6.07, 6.45) is 8.48. The second-order valence-electron chi connectivity index (χ2n) is 8.96. The number of amides is 2. The molecule has 4 rings (SSSR count). The Bertz CT molecular complexity index is 964. The lowest BCUT2D eigenvalue weighted by Gasteiger charge is -2.20. The fraction of sp³-hybridized carbons (Fsp3) is 0.565. The van der Waals surface area contributed by atoms with Crippen LogP contribution in [0.1, 0.15) is 63.4 Å². The largest absolute Gasteiger partial charge is 0.493 e. The van der Waals surface area contributed by atoms with E-state index in [9.17, 15) is 18.0 Å². The van der Waals surface area contributed by atoms with Gasteiger partial charge >= 0.3 is 0 Å². The van der Waals surface area contributed by atoms with E-state index in [1.54, 1.807) is 6.08 Å². The zero-order chi connectivity index (χ0) is 21.9. The van der Waals surface area contributed by atoms with Crippen LogP contribution in [0.15, 0.2) is 35.7 Å². The first kappa shape index (κ1) is 22.0. The summed E-state index contributed by atoms with van der Waals surface area (Å²) in [5.74, 6) is 0.863. The van der Waals surface area contributed by atoms with E-state index in [0.29, 0.717) is 38.0 Å². The van der Waals surface area contributed by atoms with Gasteiger partial charge in [-0.1, -0.05) is 18.2 Å². The highest BCUT2D eigenvalue weighted by atomic mass is 32.2. The second kappa shape index (κ2) is 9.12. The van der Waals surface area contributed by atoms with Crippen LogP contribution >= 0.6 is 0 Å². The topological polar surface area (TPSA) is 102 Å². The van der Waals surface area contributed by atoms with Crippen molar-refractivity contribution in [2.75, 3.05) is 6.61 Å². The smallest absolute Gasteiger partial charge is 0.234 e. The van der Waals surface area contributed by atoms with Crippen LogP contribution in [0.5, 0.6) is 5.75 Å². The van der Waals surface area contributed by atoms with E-state index in [2.05, 4.69) is 10.0 Å². The Hall–Kier alpha value is -2.19. The van der Waals surface area contributed by atoms with Crippen LogP contribution in [0, 0.1) is 11.8 Å². The summed E-state index contributed by atoms with van der Waals surface area (Å²) in [6, 6.07) is 7.72. The highest BCUT2D eigenvalue weighted by Gasteiger charge is 2.47. The van der Waals surface area contributed by atoms with Crippen LogP contribution in [0.3, 0.4) is 0 Å². The number of allylic oxidation sites excluding steroid dienone is 1. The van der Waals surface area contributed by atoms with Gasteiger partial charge in [-0.15, -0.1) is 0 Å². The summed E-state index contributed by atoms with van der Waals surface area (Å²) >= 11 is 0. The van der Waals surface area contributed by atoms with Gasteiger partial charge in [0.1, 0.15) is 5.75 Å². The maximum Gasteiger partial charge on any atom is 0.234 e. The van der Waals surface area contributed by atoms with Crippen molar-refractivity contribution >= 4 is 21.8 Å². The maximum atomic E-state index is 12.6. The van der Waals surface area contributed by atoms with E-state index in [1.807, 2.05) is 24.3 Å². The number of ether oxygens (including phenoxy) is 1. The molecule has 2 saturated carbocycles. The van der Waals surface area contributed by atoms with Crippen molar-refractivity contribution in [3.05, 3.63) is 41.3 Å². The van der Waals surface area contributed by atoms with E-state index in [4.69, 9.17) is 4.74 Å². The summed E-state index contributed by atoms with van der Waals surface area (Å²) in [5.41, 5.74) is 0.394. The summed E-state index contributed by atoms with van der Waals surface area (Å²) in [6.45, 7) is 0.726. The van der Waals surface area contributed by atoms with Crippen molar-refractivity contribution in [2.45, 2.75) is 63.3 Å². The normalized spacial score (nSPS) is 23.0. The number of benzene rings is 1. The SMILES string of the molecule is O=C1CCC(CCC/C=C/S(=O)(=O)NC2(c3cccc(OCC4CC4)c3)CC2)C(=O)N1. The Labute approximate surface area is 183 Å². The third-order valence-corrected chi connectivity index (χ3v) is 7.43. The van der Waals surface area contributed by atoms with Gasteiger partial charge in [-0.2, -0.15) is 0 Å². The van der Waals surface area contributed by atoms with E-state index < -0.39 is 15.6 Å². The van der Waals surface area contributed by atoms with Gasteiger partial charge < -0.3 is 4.74 Å². The molecule has 7 nitrogen and oxygen atoms in total. The quantitative estimate of drug-likeness (QED) is 0.402. The molecular formula is C23H30N2O5S. The van der Waals surface area contributed by atoms with E-state index >= 15 is 0 Å². The van der Waals surface area contributed by atoms with Crippen LogP contribution in [-0.2, 0) is 25.2 Å². The van der Waals surface area contributed by atoms with E-state index in [-0.39, 0.29) is 17.7 Å². The average Bonchev–Trinajstić information content (AvgIpc) is 3.64. The van der Waals surface area contributed by atoms with Crippen LogP contribution in [0.2, 0.25) is 0 Å². The lowest BCUT2D eigenvalue weighted by Crippen LogP contribution is -2.40. The van der Waals surface area contributed by atoms with Gasteiger partial charge in [0.25, 0.3) is 0 Å². The number of imide groups is 1. The predicted molar refractivity (Wildman–Crippen MR) is 116 cm³/mol. The second-order valence-corrected chi connectivity index (χ2v) is 10.5. The Kier molecular flexibility index (Phi) is 6.48. The molecule has 0 aromatic heterocycles. The monoisotopic (exact) mass is 446 g/mol. The molecule has 168 valence electrons. The third kappa shape index (κ3) is 6.17. The minimum atomic E-state index is -3.57. The van der Waals surface area contributed by atoms with E-state index in [0.717, 1.165) is 30.8 Å². The van der Waals surface area contributed by atoms with Gasteiger partial charge in [0.2, 0.25) is 21.8 Å². The molecule has 1 aromatic carbocycles. The number of sulfonamides is 1. The molecule has 1 aliphatic heterocycles. The molecule has 1 unspecified atom stereocenters. The van der Waals surface area contributed by atoms with E-state index in [1.165, 1.54) is 18.2 Å². The molecule has 3 aliphatic rings. The van der Waals surface area contributed by atoms with Crippen molar-refractivity contribution in [3.63, 3.8) is 0 Å². The number of unbranched alkanes of at least 4 members (excludes halogenated alkanes) is 1. The molecule has 0 bridgehead atoms. The molecular weight excluding hydrogens is 416 g/mol. The molecule has 8 heteroatoms. The summed E-state index contributed by atoms with van der Waals surface area (Å²) in [5, 5.41) is 3.58. The minimum Gasteiger partial charge on any atom is -0.493 e. The Morgan fingerprint density at radius 3 is 2.71 bits per heavy atom. The zero-order valence-corrected chi connectivity index (χ0v) is 18.5. The summed E-state index contributed by atoms with van der Waals surface area (Å²) in [4.78, 5) is 22.9. The molecule has 2 N–H and O–H groups in total. The molecule has 31 heavy (non-hydrogen) atoms. The Morgan fingerprint density at radius 2 is 2.00 bits per heavy atom. The number of hydrogen-bond acceptors (Lipinski definition) is 5. The van der Waals surface area contributed by atoms with Crippen LogP contribution < -0.4 is 14.8 Å². The fourth-order valence-corrected chi connectivity index (χ4v) is 5.28. The van der Waals surface area contributed by atoms with Crippen LogP contribution in [0.4, 0.5) is 0 Å². The fourth-order valence-electron chi connectivity index (χ4n) is 3.95. The lowest BCUT2D eigenvalue weighted by atomic mass is 9.93. The van der Waals surface area contributed by atoms with Gasteiger partial charge in [-0.25, -0.2) is 13.1 Å². The summed E-state index contributed by atoms with van der Waals surface area (Å²) < 4.78 is 33.9. The molecule has 1 saturated heterocycles. The first-order valence-corrected chi connectivity index (χ1v) is 12.7. The molecule has 1 aromatic rings. The highest BCUT2D eigenvalue weighted by molar-refractivity contribution is 7.92. The maximum absolute atomic E-state index is 12.6. The molecule has 1 atom stereocenters. The van der Waals surface area contributed by atoms with Gasteiger partial charge in [0, 0.05) is 17.7 Å². The van der Waals surface area contributed by atoms with Crippen molar-refractivity contribution < 1.29 is 22.7 Å². The van der Waals surface area contributed by atoms with Crippen molar-refractivity contribution in [3.8, 4) is 5.75 Å². The molecule has 0 spiro atoms. The first-order chi connectivity index (χ1) is 14.9. The van der Waals surface area contributed by atoms with Crippen molar-refractivity contribution in [1.29, 1.82) is 0 Å². The van der Waals surface area contributed by atoms with Crippen molar-refractivity contribution in [2.24, 2.45) is 11.8 Å². The van der Waals surface area contributed by atoms with Crippen LogP contribution in [-0.4, -0.2) is 26.8 Å². The first-order valence-electron chi connectivity index (χ1n) is 11.1. The molecule has 3 fully saturated rings. The summed E-state index contributed by atoms with van der Waals surface area (Å²) in [7, 11) is -3.57. The van der Waals surface area contributed by atoms with Gasteiger partial charge in [0.15, 0.2) is 0 Å². The molecule has 2 amide bonds. The van der Waals surface area contributed by atoms with Gasteiger partial charge in [-0.05, 0) is 75.0 Å². The third-order valence-electron chi connectivity index (χ3n) is 6.21. The number of carbonyl (C=O) groups is 2. The molecule has 0 radical (unpaired) electrons. The number of nitrogens with one attached hydrogen (secondary N) is 2. The minimum absolute atomic E-state index is 0.162. The van der Waals surface area contributed by atoms with Gasteiger partial charge in [-0.3, -0.25) is 14.9 Å².